The van der Waals surface area contributed by atoms with E-state index in [2.05, 4.69) is 0 Å². The van der Waals surface area contributed by atoms with Crippen LogP contribution in [0.5, 0.6) is 5.75 Å². The Bertz CT molecular complexity index is 497. The van der Waals surface area contributed by atoms with E-state index in [0.717, 1.165) is 0 Å². The molecule has 0 aromatic heterocycles. The Morgan fingerprint density at radius 2 is 1.31 bits per heavy atom. The lowest BCUT2D eigenvalue weighted by Crippen LogP contribution is -1.99. The van der Waals surface area contributed by atoms with Gasteiger partial charge in [0.05, 0.1) is 14.8 Å². The van der Waals surface area contributed by atoms with Crippen LogP contribution < -0.4 is 0 Å². The molecule has 1 aromatic rings. The third-order valence-corrected chi connectivity index (χ3v) is 1.68. The van der Waals surface area contributed by atoms with Crippen molar-refractivity contribution in [1.82, 2.24) is 0 Å². The molecule has 0 spiro atoms. The topological polar surface area (TPSA) is 150 Å². The van der Waals surface area contributed by atoms with E-state index in [-0.39, 0.29) is 0 Å². The summed E-state index contributed by atoms with van der Waals surface area (Å²) in [6, 6.07) is 1.22. The SMILES string of the molecule is O=[N+]([O-])c1ccc([N+](=O)[O-])c([N+](=O)[O-])c1O. The van der Waals surface area contributed by atoms with E-state index in [1.165, 1.54) is 0 Å². The van der Waals surface area contributed by atoms with Crippen molar-refractivity contribution in [1.29, 1.82) is 0 Å². The van der Waals surface area contributed by atoms with Gasteiger partial charge in [-0.2, -0.15) is 0 Å². The molecule has 1 aromatic carbocycles. The molecule has 0 unspecified atom stereocenters. The number of nitro benzene ring substituents is 3. The Labute approximate surface area is 86.2 Å². The molecule has 1 N–H and O–H groups in total. The molecule has 10 heteroatoms. The smallest absolute Gasteiger partial charge is 0.394 e. The molecule has 10 nitrogen and oxygen atoms in total. The summed E-state index contributed by atoms with van der Waals surface area (Å²) >= 11 is 0. The standard InChI is InChI=1S/C6H3N3O7/c10-6-4(8(13)14)2-1-3(7(11)12)5(6)9(15)16/h1-2,10H. The molecule has 0 aliphatic heterocycles. The van der Waals surface area contributed by atoms with Crippen molar-refractivity contribution in [3.05, 3.63) is 42.5 Å². The van der Waals surface area contributed by atoms with Crippen LogP contribution in [0.1, 0.15) is 0 Å². The van der Waals surface area contributed by atoms with E-state index in [0.29, 0.717) is 12.1 Å². The Hall–Kier alpha value is -2.78. The van der Waals surface area contributed by atoms with E-state index < -0.39 is 37.6 Å². The highest BCUT2D eigenvalue weighted by Gasteiger charge is 2.35. The third-order valence-electron chi connectivity index (χ3n) is 1.68. The molecule has 0 atom stereocenters. The fraction of sp³-hybridized carbons (Fsp3) is 0. The van der Waals surface area contributed by atoms with E-state index in [9.17, 15) is 35.4 Å². The van der Waals surface area contributed by atoms with Gasteiger partial charge in [0, 0.05) is 12.1 Å². The van der Waals surface area contributed by atoms with Gasteiger partial charge in [0.15, 0.2) is 0 Å². The first-order valence-corrected chi connectivity index (χ1v) is 3.65. The number of aromatic hydroxyl groups is 1. The first kappa shape index (κ1) is 11.3. The molecule has 0 heterocycles. The zero-order valence-electron chi connectivity index (χ0n) is 7.39. The number of hydrogen-bond donors (Lipinski definition) is 1. The Kier molecular flexibility index (Phi) is 2.66. The quantitative estimate of drug-likeness (QED) is 0.602. The molecule has 0 amide bonds. The fourth-order valence-electron chi connectivity index (χ4n) is 1.03. The molecule has 0 fully saturated rings. The van der Waals surface area contributed by atoms with Gasteiger partial charge in [0.2, 0.25) is 0 Å². The number of benzene rings is 1. The number of rotatable bonds is 3. The highest BCUT2D eigenvalue weighted by molar-refractivity contribution is 5.69. The van der Waals surface area contributed by atoms with Gasteiger partial charge in [-0.3, -0.25) is 30.3 Å². The summed E-state index contributed by atoms with van der Waals surface area (Å²) in [5.74, 6) is -1.33. The molecule has 16 heavy (non-hydrogen) atoms. The van der Waals surface area contributed by atoms with Crippen LogP contribution in [0.25, 0.3) is 0 Å². The highest BCUT2D eigenvalue weighted by Crippen LogP contribution is 2.41. The minimum atomic E-state index is -1.33. The Morgan fingerprint density at radius 1 is 0.875 bits per heavy atom. The summed E-state index contributed by atoms with van der Waals surface area (Å²) in [5.41, 5.74) is -3.26. The van der Waals surface area contributed by atoms with Crippen LogP contribution >= 0.6 is 0 Å². The lowest BCUT2D eigenvalue weighted by Gasteiger charge is -1.98. The van der Waals surface area contributed by atoms with Crippen LogP contribution in [0, 0.1) is 30.3 Å². The second kappa shape index (κ2) is 3.76. The average molecular weight is 229 g/mol. The third kappa shape index (κ3) is 1.70. The van der Waals surface area contributed by atoms with E-state index in [1.807, 2.05) is 0 Å². The monoisotopic (exact) mass is 229 g/mol. The number of hydrogen-bond acceptors (Lipinski definition) is 7. The van der Waals surface area contributed by atoms with E-state index in [1.54, 1.807) is 0 Å². The van der Waals surface area contributed by atoms with Crippen LogP contribution in [0.2, 0.25) is 0 Å². The first-order valence-electron chi connectivity index (χ1n) is 3.65. The molecule has 0 bridgehead atoms. The van der Waals surface area contributed by atoms with Gasteiger partial charge in [0.25, 0.3) is 5.75 Å². The van der Waals surface area contributed by atoms with Crippen molar-refractivity contribution in [3.8, 4) is 5.75 Å². The van der Waals surface area contributed by atoms with Gasteiger partial charge >= 0.3 is 17.1 Å². The van der Waals surface area contributed by atoms with Crippen LogP contribution in [0.15, 0.2) is 12.1 Å². The average Bonchev–Trinajstić information content (AvgIpc) is 2.15. The summed E-state index contributed by atoms with van der Waals surface area (Å²) < 4.78 is 0. The van der Waals surface area contributed by atoms with Crippen LogP contribution in [0.3, 0.4) is 0 Å². The minimum absolute atomic E-state index is 0.593. The number of nitro groups is 3. The summed E-state index contributed by atoms with van der Waals surface area (Å²) in [7, 11) is 0. The fourth-order valence-corrected chi connectivity index (χ4v) is 1.03. The molecule has 0 aliphatic rings. The number of phenolic OH excluding ortho intramolecular Hbond substituents is 1. The summed E-state index contributed by atoms with van der Waals surface area (Å²) in [5, 5.41) is 40.3. The van der Waals surface area contributed by atoms with Crippen LogP contribution in [-0.4, -0.2) is 19.9 Å². The van der Waals surface area contributed by atoms with Crippen molar-refractivity contribution in [2.24, 2.45) is 0 Å². The highest BCUT2D eigenvalue weighted by atomic mass is 16.6. The summed E-state index contributed by atoms with van der Waals surface area (Å²) in [4.78, 5) is 27.7. The Morgan fingerprint density at radius 3 is 1.69 bits per heavy atom. The van der Waals surface area contributed by atoms with E-state index in [4.69, 9.17) is 0 Å². The minimum Gasteiger partial charge on any atom is -0.497 e. The van der Waals surface area contributed by atoms with Crippen LogP contribution in [-0.2, 0) is 0 Å². The predicted molar refractivity (Wildman–Crippen MR) is 48.1 cm³/mol. The van der Waals surface area contributed by atoms with Crippen molar-refractivity contribution in [3.63, 3.8) is 0 Å². The van der Waals surface area contributed by atoms with Crippen molar-refractivity contribution in [2.45, 2.75) is 0 Å². The maximum Gasteiger partial charge on any atom is 0.394 e. The van der Waals surface area contributed by atoms with Crippen LogP contribution in [0.4, 0.5) is 17.1 Å². The predicted octanol–water partition coefficient (Wildman–Crippen LogP) is 1.12. The van der Waals surface area contributed by atoms with E-state index >= 15 is 0 Å². The van der Waals surface area contributed by atoms with Gasteiger partial charge in [-0.1, -0.05) is 0 Å². The Balaban J connectivity index is 3.60. The maximum absolute atomic E-state index is 10.4. The van der Waals surface area contributed by atoms with Gasteiger partial charge in [0.1, 0.15) is 0 Å². The van der Waals surface area contributed by atoms with Crippen molar-refractivity contribution < 1.29 is 19.9 Å². The van der Waals surface area contributed by atoms with Gasteiger partial charge in [-0.15, -0.1) is 0 Å². The number of nitrogens with zero attached hydrogens (tertiary/aromatic N) is 3. The van der Waals surface area contributed by atoms with Gasteiger partial charge in [-0.05, 0) is 0 Å². The second-order valence-electron chi connectivity index (χ2n) is 2.57. The maximum atomic E-state index is 10.4. The molecule has 0 saturated heterocycles. The lowest BCUT2D eigenvalue weighted by atomic mass is 10.2. The summed E-state index contributed by atoms with van der Waals surface area (Å²) in [6.45, 7) is 0. The molecule has 0 saturated carbocycles. The molecule has 1 rings (SSSR count). The lowest BCUT2D eigenvalue weighted by molar-refractivity contribution is -0.425. The normalized spacial score (nSPS) is 9.75. The van der Waals surface area contributed by atoms with Crippen molar-refractivity contribution in [2.75, 3.05) is 0 Å². The first-order chi connectivity index (χ1) is 7.36. The zero-order valence-corrected chi connectivity index (χ0v) is 7.39. The molecule has 0 aliphatic carbocycles. The number of phenols is 1. The second-order valence-corrected chi connectivity index (χ2v) is 2.57. The molecular weight excluding hydrogens is 226 g/mol. The van der Waals surface area contributed by atoms with Gasteiger partial charge < -0.3 is 5.11 Å². The van der Waals surface area contributed by atoms with Gasteiger partial charge in [-0.25, -0.2) is 0 Å². The largest absolute Gasteiger partial charge is 0.497 e. The molecular formula is C6H3N3O7. The zero-order chi connectivity index (χ0) is 12.5. The van der Waals surface area contributed by atoms with Crippen molar-refractivity contribution >= 4 is 17.1 Å². The summed E-state index contributed by atoms with van der Waals surface area (Å²) in [6.07, 6.45) is 0. The molecule has 84 valence electrons. The molecule has 0 radical (unpaired) electrons.